The quantitative estimate of drug-likeness (QED) is 0.831. The zero-order chi connectivity index (χ0) is 15.1. The number of aryl methyl sites for hydroxylation is 1. The van der Waals surface area contributed by atoms with E-state index in [1.807, 2.05) is 26.8 Å². The number of ether oxygens (including phenoxy) is 1. The largest absolute Gasteiger partial charge is 0.398 e. The van der Waals surface area contributed by atoms with Gasteiger partial charge in [-0.2, -0.15) is 0 Å². The van der Waals surface area contributed by atoms with Gasteiger partial charge in [-0.1, -0.05) is 0 Å². The molecule has 0 radical (unpaired) electrons. The molecule has 0 saturated carbocycles. The first-order chi connectivity index (χ1) is 9.16. The van der Waals surface area contributed by atoms with Crippen molar-refractivity contribution in [3.8, 4) is 0 Å². The Morgan fingerprint density at radius 1 is 1.30 bits per heavy atom. The molecule has 0 aliphatic carbocycles. The van der Waals surface area contributed by atoms with E-state index in [9.17, 15) is 8.42 Å². The number of anilines is 1. The van der Waals surface area contributed by atoms with Gasteiger partial charge in [-0.3, -0.25) is 0 Å². The lowest BCUT2D eigenvalue weighted by molar-refractivity contribution is 0.178. The third-order valence-corrected chi connectivity index (χ3v) is 5.86. The third kappa shape index (κ3) is 2.68. The molecule has 3 N–H and O–H groups in total. The van der Waals surface area contributed by atoms with Gasteiger partial charge in [0.1, 0.15) is 0 Å². The first-order valence-electron chi connectivity index (χ1n) is 6.64. The van der Waals surface area contributed by atoms with Gasteiger partial charge in [0.15, 0.2) is 0 Å². The number of nitrogens with one attached hydrogen (secondary N) is 1. The highest BCUT2D eigenvalue weighted by Gasteiger charge is 2.36. The van der Waals surface area contributed by atoms with Crippen LogP contribution in [-0.4, -0.2) is 27.2 Å². The molecular formula is C14H22N2O3S. The van der Waals surface area contributed by atoms with Crippen LogP contribution >= 0.6 is 0 Å². The van der Waals surface area contributed by atoms with Crippen molar-refractivity contribution in [3.63, 3.8) is 0 Å². The monoisotopic (exact) mass is 298 g/mol. The molecule has 1 aliphatic rings. The van der Waals surface area contributed by atoms with E-state index >= 15 is 0 Å². The van der Waals surface area contributed by atoms with E-state index in [2.05, 4.69) is 4.72 Å². The minimum atomic E-state index is -3.62. The summed E-state index contributed by atoms with van der Waals surface area (Å²) in [5.41, 5.74) is 8.09. The smallest absolute Gasteiger partial charge is 0.241 e. The number of hydrogen-bond acceptors (Lipinski definition) is 4. The molecule has 2 rings (SSSR count). The van der Waals surface area contributed by atoms with E-state index in [1.54, 1.807) is 6.92 Å². The number of nitrogen functional groups attached to an aromatic ring is 1. The molecule has 0 amide bonds. The second kappa shape index (κ2) is 5.02. The lowest BCUT2D eigenvalue weighted by Gasteiger charge is -2.25. The molecular weight excluding hydrogens is 276 g/mol. The summed E-state index contributed by atoms with van der Waals surface area (Å²) in [6.45, 7) is 8.25. The van der Waals surface area contributed by atoms with E-state index in [-0.39, 0.29) is 0 Å². The van der Waals surface area contributed by atoms with Gasteiger partial charge in [-0.05, 0) is 56.9 Å². The molecule has 1 atom stereocenters. The summed E-state index contributed by atoms with van der Waals surface area (Å²) >= 11 is 0. The predicted molar refractivity (Wildman–Crippen MR) is 79.2 cm³/mol. The van der Waals surface area contributed by atoms with E-state index in [4.69, 9.17) is 10.5 Å². The second-order valence-electron chi connectivity index (χ2n) is 5.83. The summed E-state index contributed by atoms with van der Waals surface area (Å²) in [6.07, 6.45) is 0.672. The maximum atomic E-state index is 12.7. The highest BCUT2D eigenvalue weighted by atomic mass is 32.2. The first-order valence-corrected chi connectivity index (χ1v) is 8.13. The van der Waals surface area contributed by atoms with Crippen molar-refractivity contribution in [1.82, 2.24) is 4.72 Å². The molecule has 0 aromatic heterocycles. The fraction of sp³-hybridized carbons (Fsp3) is 0.571. The van der Waals surface area contributed by atoms with Crippen LogP contribution in [0.5, 0.6) is 0 Å². The fourth-order valence-electron chi connectivity index (χ4n) is 2.57. The zero-order valence-electron chi connectivity index (χ0n) is 12.4. The van der Waals surface area contributed by atoms with E-state index in [0.29, 0.717) is 35.8 Å². The van der Waals surface area contributed by atoms with Crippen LogP contribution in [0.4, 0.5) is 5.69 Å². The Balaban J connectivity index is 2.50. The Labute approximate surface area is 120 Å². The molecule has 20 heavy (non-hydrogen) atoms. The second-order valence-corrected chi connectivity index (χ2v) is 7.45. The number of hydrogen-bond donors (Lipinski definition) is 2. The summed E-state index contributed by atoms with van der Waals surface area (Å²) < 4.78 is 33.5. The Morgan fingerprint density at radius 2 is 1.95 bits per heavy atom. The number of benzene rings is 1. The van der Waals surface area contributed by atoms with Crippen molar-refractivity contribution in [3.05, 3.63) is 22.8 Å². The lowest BCUT2D eigenvalue weighted by Crippen LogP contribution is -2.46. The standard InChI is InChI=1S/C14H22N2O3S/c1-9-7-12(15)11(3)13(10(9)2)20(17,18)16-14(4)5-6-19-8-14/h7,16H,5-6,8,15H2,1-4H3. The molecule has 1 aliphatic heterocycles. The maximum Gasteiger partial charge on any atom is 0.241 e. The van der Waals surface area contributed by atoms with E-state index in [1.165, 1.54) is 0 Å². The number of rotatable bonds is 3. The SMILES string of the molecule is Cc1cc(N)c(C)c(S(=O)(=O)NC2(C)CCOC2)c1C. The molecule has 0 spiro atoms. The molecule has 1 heterocycles. The van der Waals surface area contributed by atoms with Gasteiger partial charge < -0.3 is 10.5 Å². The average molecular weight is 298 g/mol. The Morgan fingerprint density at radius 3 is 2.50 bits per heavy atom. The third-order valence-electron chi connectivity index (χ3n) is 3.95. The van der Waals surface area contributed by atoms with Crippen LogP contribution < -0.4 is 10.5 Å². The van der Waals surface area contributed by atoms with Gasteiger partial charge in [-0.25, -0.2) is 13.1 Å². The van der Waals surface area contributed by atoms with Crippen LogP contribution in [0.25, 0.3) is 0 Å². The first kappa shape index (κ1) is 15.3. The Kier molecular flexibility index (Phi) is 3.83. The van der Waals surface area contributed by atoms with Crippen molar-refractivity contribution < 1.29 is 13.2 Å². The van der Waals surface area contributed by atoms with Crippen molar-refractivity contribution in [2.75, 3.05) is 18.9 Å². The number of nitrogens with two attached hydrogens (primary N) is 1. The van der Waals surface area contributed by atoms with Crippen molar-refractivity contribution >= 4 is 15.7 Å². The molecule has 0 bridgehead atoms. The minimum Gasteiger partial charge on any atom is -0.398 e. The van der Waals surface area contributed by atoms with E-state index < -0.39 is 15.6 Å². The van der Waals surface area contributed by atoms with Crippen molar-refractivity contribution in [1.29, 1.82) is 0 Å². The topological polar surface area (TPSA) is 81.4 Å². The summed E-state index contributed by atoms with van der Waals surface area (Å²) in [6, 6.07) is 1.81. The summed E-state index contributed by atoms with van der Waals surface area (Å²) in [5.74, 6) is 0. The maximum absolute atomic E-state index is 12.7. The molecule has 1 saturated heterocycles. The van der Waals surface area contributed by atoms with Crippen LogP contribution in [-0.2, 0) is 14.8 Å². The van der Waals surface area contributed by atoms with Crippen LogP contribution in [0.1, 0.15) is 30.0 Å². The average Bonchev–Trinajstić information content (AvgIpc) is 2.72. The summed E-state index contributed by atoms with van der Waals surface area (Å²) in [5, 5.41) is 0. The molecule has 1 unspecified atom stereocenters. The molecule has 1 fully saturated rings. The van der Waals surface area contributed by atoms with Gasteiger partial charge in [0, 0.05) is 12.3 Å². The van der Waals surface area contributed by atoms with Gasteiger partial charge >= 0.3 is 0 Å². The van der Waals surface area contributed by atoms with E-state index in [0.717, 1.165) is 11.1 Å². The zero-order valence-corrected chi connectivity index (χ0v) is 13.2. The summed E-state index contributed by atoms with van der Waals surface area (Å²) in [7, 11) is -3.62. The molecule has 6 heteroatoms. The normalized spacial score (nSPS) is 23.2. The summed E-state index contributed by atoms with van der Waals surface area (Å²) in [4.78, 5) is 0.295. The van der Waals surface area contributed by atoms with Crippen molar-refractivity contribution in [2.45, 2.75) is 44.6 Å². The number of sulfonamides is 1. The molecule has 1 aromatic rings. The highest BCUT2D eigenvalue weighted by molar-refractivity contribution is 7.89. The van der Waals surface area contributed by atoms with Gasteiger partial charge in [-0.15, -0.1) is 0 Å². The Hall–Kier alpha value is -1.11. The minimum absolute atomic E-state index is 0.295. The lowest BCUT2D eigenvalue weighted by atomic mass is 10.0. The predicted octanol–water partition coefficient (Wildman–Crippen LogP) is 1.65. The van der Waals surface area contributed by atoms with Crippen LogP contribution in [0.2, 0.25) is 0 Å². The highest BCUT2D eigenvalue weighted by Crippen LogP contribution is 2.29. The Bertz CT molecular complexity index is 606. The van der Waals surface area contributed by atoms with Gasteiger partial charge in [0.2, 0.25) is 10.0 Å². The van der Waals surface area contributed by atoms with Crippen LogP contribution in [0.15, 0.2) is 11.0 Å². The van der Waals surface area contributed by atoms with Gasteiger partial charge in [0.05, 0.1) is 17.0 Å². The molecule has 112 valence electrons. The van der Waals surface area contributed by atoms with Gasteiger partial charge in [0.25, 0.3) is 0 Å². The molecule has 1 aromatic carbocycles. The van der Waals surface area contributed by atoms with Crippen molar-refractivity contribution in [2.24, 2.45) is 0 Å². The van der Waals surface area contributed by atoms with Crippen LogP contribution in [0, 0.1) is 20.8 Å². The van der Waals surface area contributed by atoms with Crippen LogP contribution in [0.3, 0.4) is 0 Å². The fourth-order valence-corrected chi connectivity index (χ4v) is 4.56. The molecule has 5 nitrogen and oxygen atoms in total.